The highest BCUT2D eigenvalue weighted by Gasteiger charge is 2.20. The van der Waals surface area contributed by atoms with E-state index in [1.165, 1.54) is 17.4 Å². The van der Waals surface area contributed by atoms with Crippen LogP contribution in [-0.2, 0) is 0 Å². The van der Waals surface area contributed by atoms with Gasteiger partial charge in [0, 0.05) is 20.8 Å². The summed E-state index contributed by atoms with van der Waals surface area (Å²) < 4.78 is 0.896. The largest absolute Gasteiger partial charge is 0.322 e. The van der Waals surface area contributed by atoms with Crippen LogP contribution >= 0.6 is 34.5 Å². The van der Waals surface area contributed by atoms with Crippen molar-refractivity contribution in [1.82, 2.24) is 0 Å². The van der Waals surface area contributed by atoms with E-state index in [0.29, 0.717) is 31.9 Å². The molecule has 0 unspecified atom stereocenters. The van der Waals surface area contributed by atoms with Gasteiger partial charge in [-0.2, -0.15) is 5.26 Å². The third-order valence-electron chi connectivity index (χ3n) is 4.49. The number of anilines is 2. The molecule has 2 amide bonds. The van der Waals surface area contributed by atoms with Gasteiger partial charge in [0.25, 0.3) is 11.8 Å². The molecule has 0 spiro atoms. The maximum Gasteiger partial charge on any atom is 0.267 e. The number of rotatable bonds is 4. The zero-order valence-corrected chi connectivity index (χ0v) is 18.1. The molecule has 3 aromatic carbocycles. The lowest BCUT2D eigenvalue weighted by Gasteiger charge is -2.12. The van der Waals surface area contributed by atoms with Crippen molar-refractivity contribution >= 4 is 67.8 Å². The molecule has 0 saturated heterocycles. The van der Waals surface area contributed by atoms with Gasteiger partial charge < -0.3 is 10.6 Å². The maximum atomic E-state index is 12.9. The van der Waals surface area contributed by atoms with E-state index in [-0.39, 0.29) is 5.56 Å². The van der Waals surface area contributed by atoms with Crippen molar-refractivity contribution in [3.05, 3.63) is 92.8 Å². The van der Waals surface area contributed by atoms with Crippen LogP contribution in [0, 0.1) is 11.3 Å². The summed E-state index contributed by atoms with van der Waals surface area (Å²) in [6.45, 7) is 0. The van der Waals surface area contributed by atoms with Crippen molar-refractivity contribution in [1.29, 1.82) is 5.26 Å². The van der Waals surface area contributed by atoms with Gasteiger partial charge in [-0.15, -0.1) is 11.3 Å². The summed E-state index contributed by atoms with van der Waals surface area (Å²) in [5, 5.41) is 15.9. The first-order chi connectivity index (χ1) is 15.0. The van der Waals surface area contributed by atoms with Gasteiger partial charge in [0.2, 0.25) is 0 Å². The molecule has 5 nitrogen and oxygen atoms in total. The molecule has 4 aromatic rings. The molecular weight excluding hydrogens is 453 g/mol. The summed E-state index contributed by atoms with van der Waals surface area (Å²) in [6.07, 6.45) is 0. The molecule has 8 heteroatoms. The normalized spacial score (nSPS) is 10.5. The number of carbonyl (C=O) groups is 2. The van der Waals surface area contributed by atoms with Crippen LogP contribution < -0.4 is 10.6 Å². The van der Waals surface area contributed by atoms with E-state index in [4.69, 9.17) is 28.5 Å². The Morgan fingerprint density at radius 3 is 2.35 bits per heavy atom. The minimum Gasteiger partial charge on any atom is -0.322 e. The monoisotopic (exact) mass is 465 g/mol. The number of nitrogens with zero attached hydrogens (tertiary/aromatic N) is 1. The predicted molar refractivity (Wildman–Crippen MR) is 125 cm³/mol. The minimum absolute atomic E-state index is 0.197. The van der Waals surface area contributed by atoms with Gasteiger partial charge in [-0.1, -0.05) is 41.4 Å². The van der Waals surface area contributed by atoms with E-state index in [0.717, 1.165) is 10.1 Å². The number of nitrogens with one attached hydrogen (secondary N) is 2. The molecule has 0 radical (unpaired) electrons. The third kappa shape index (κ3) is 4.39. The van der Waals surface area contributed by atoms with Gasteiger partial charge in [0.1, 0.15) is 4.88 Å². The molecular formula is C23H13Cl2N3O2S. The van der Waals surface area contributed by atoms with Crippen LogP contribution in [0.5, 0.6) is 0 Å². The van der Waals surface area contributed by atoms with Crippen LogP contribution in [0.3, 0.4) is 0 Å². The summed E-state index contributed by atoms with van der Waals surface area (Å²) in [5.74, 6) is -0.870. The molecule has 0 aliphatic carbocycles. The fourth-order valence-corrected chi connectivity index (χ4v) is 4.56. The van der Waals surface area contributed by atoms with E-state index in [2.05, 4.69) is 10.6 Å². The van der Waals surface area contributed by atoms with Crippen molar-refractivity contribution in [3.63, 3.8) is 0 Å². The van der Waals surface area contributed by atoms with Crippen LogP contribution in [0.4, 0.5) is 11.4 Å². The molecule has 2 N–H and O–H groups in total. The Labute approximate surface area is 191 Å². The second-order valence-corrected chi connectivity index (χ2v) is 8.40. The van der Waals surface area contributed by atoms with Gasteiger partial charge in [-0.25, -0.2) is 0 Å². The van der Waals surface area contributed by atoms with Crippen LogP contribution in [0.25, 0.3) is 10.1 Å². The van der Waals surface area contributed by atoms with Crippen molar-refractivity contribution in [3.8, 4) is 6.07 Å². The maximum absolute atomic E-state index is 12.9. The number of hydrogen-bond acceptors (Lipinski definition) is 4. The molecule has 4 rings (SSSR count). The first-order valence-electron chi connectivity index (χ1n) is 9.05. The van der Waals surface area contributed by atoms with E-state index < -0.39 is 11.8 Å². The van der Waals surface area contributed by atoms with Crippen LogP contribution in [0.1, 0.15) is 25.6 Å². The highest BCUT2D eigenvalue weighted by Crippen LogP contribution is 2.36. The van der Waals surface area contributed by atoms with Gasteiger partial charge in [-0.3, -0.25) is 9.59 Å². The van der Waals surface area contributed by atoms with E-state index >= 15 is 0 Å². The number of hydrogen-bond donors (Lipinski definition) is 2. The Hall–Kier alpha value is -3.37. The van der Waals surface area contributed by atoms with Crippen LogP contribution in [-0.4, -0.2) is 11.8 Å². The molecule has 0 fully saturated rings. The summed E-state index contributed by atoms with van der Waals surface area (Å²) in [4.78, 5) is 26.1. The quantitative estimate of drug-likeness (QED) is 0.356. The molecule has 1 heterocycles. The number of halogens is 2. The van der Waals surface area contributed by atoms with Crippen molar-refractivity contribution in [2.24, 2.45) is 0 Å². The standard InChI is InChI=1S/C23H13Cl2N3O2S/c24-14-7-10-18(17(11-14)22(29)27-15-8-5-13(12-26)6-9-15)28-23(30)21-20(25)16-3-1-2-4-19(16)31-21/h1-11H,(H,27,29)(H,28,30). The molecule has 0 aliphatic rings. The number of fused-ring (bicyclic) bond motifs is 1. The fourth-order valence-electron chi connectivity index (χ4n) is 2.98. The summed E-state index contributed by atoms with van der Waals surface area (Å²) >= 11 is 13.8. The number of nitriles is 1. The average Bonchev–Trinajstić information content (AvgIpc) is 3.12. The lowest BCUT2D eigenvalue weighted by atomic mass is 10.1. The Morgan fingerprint density at radius 2 is 1.65 bits per heavy atom. The third-order valence-corrected chi connectivity index (χ3v) is 6.40. The van der Waals surface area contributed by atoms with Gasteiger partial charge in [-0.05, 0) is 48.5 Å². The van der Waals surface area contributed by atoms with E-state index in [1.807, 2.05) is 30.3 Å². The molecule has 152 valence electrons. The average molecular weight is 466 g/mol. The highest BCUT2D eigenvalue weighted by atomic mass is 35.5. The van der Waals surface area contributed by atoms with E-state index in [1.54, 1.807) is 36.4 Å². The Balaban J connectivity index is 1.61. The lowest BCUT2D eigenvalue weighted by molar-refractivity contribution is 0.102. The topological polar surface area (TPSA) is 82.0 Å². The van der Waals surface area contributed by atoms with Gasteiger partial charge in [0.05, 0.1) is 27.9 Å². The number of benzene rings is 3. The molecule has 0 atom stereocenters. The zero-order valence-electron chi connectivity index (χ0n) is 15.8. The first-order valence-corrected chi connectivity index (χ1v) is 10.6. The molecule has 0 bridgehead atoms. The second-order valence-electron chi connectivity index (χ2n) is 6.53. The summed E-state index contributed by atoms with van der Waals surface area (Å²) in [7, 11) is 0. The SMILES string of the molecule is N#Cc1ccc(NC(=O)c2cc(Cl)ccc2NC(=O)c2sc3ccccc3c2Cl)cc1. The first kappa shape index (κ1) is 20.9. The van der Waals surface area contributed by atoms with Crippen LogP contribution in [0.15, 0.2) is 66.7 Å². The molecule has 31 heavy (non-hydrogen) atoms. The Morgan fingerprint density at radius 1 is 0.903 bits per heavy atom. The van der Waals surface area contributed by atoms with E-state index in [9.17, 15) is 9.59 Å². The highest BCUT2D eigenvalue weighted by molar-refractivity contribution is 7.21. The molecule has 0 aliphatic heterocycles. The second kappa shape index (κ2) is 8.78. The summed E-state index contributed by atoms with van der Waals surface area (Å²) in [6, 6.07) is 20.6. The molecule has 0 saturated carbocycles. The molecule has 1 aromatic heterocycles. The van der Waals surface area contributed by atoms with Crippen molar-refractivity contribution < 1.29 is 9.59 Å². The minimum atomic E-state index is -0.454. The predicted octanol–water partition coefficient (Wildman–Crippen LogP) is 6.58. The zero-order chi connectivity index (χ0) is 22.0. The Kier molecular flexibility index (Phi) is 5.92. The van der Waals surface area contributed by atoms with Gasteiger partial charge >= 0.3 is 0 Å². The van der Waals surface area contributed by atoms with Crippen molar-refractivity contribution in [2.75, 3.05) is 10.6 Å². The number of thiophene rings is 1. The smallest absolute Gasteiger partial charge is 0.267 e. The summed E-state index contributed by atoms with van der Waals surface area (Å²) in [5.41, 5.74) is 1.49. The Bertz CT molecular complexity index is 1360. The lowest BCUT2D eigenvalue weighted by Crippen LogP contribution is -2.18. The van der Waals surface area contributed by atoms with Gasteiger partial charge in [0.15, 0.2) is 0 Å². The fraction of sp³-hybridized carbons (Fsp3) is 0. The van der Waals surface area contributed by atoms with Crippen molar-refractivity contribution in [2.45, 2.75) is 0 Å². The number of carbonyl (C=O) groups excluding carboxylic acids is 2. The number of amides is 2. The van der Waals surface area contributed by atoms with Crippen LogP contribution in [0.2, 0.25) is 10.0 Å².